The Morgan fingerprint density at radius 3 is 2.72 bits per heavy atom. The minimum Gasteiger partial charge on any atom is -0.472 e. The van der Waals surface area contributed by atoms with Crippen molar-refractivity contribution in [2.45, 2.75) is 19.6 Å². The summed E-state index contributed by atoms with van der Waals surface area (Å²) in [4.78, 5) is 0. The van der Waals surface area contributed by atoms with E-state index in [2.05, 4.69) is 29.6 Å². The van der Waals surface area contributed by atoms with E-state index in [9.17, 15) is 0 Å². The molecule has 0 atom stereocenters. The first-order valence-corrected chi connectivity index (χ1v) is 6.28. The van der Waals surface area contributed by atoms with Crippen molar-refractivity contribution in [2.75, 3.05) is 13.2 Å². The van der Waals surface area contributed by atoms with Gasteiger partial charge in [-0.3, -0.25) is 0 Å². The van der Waals surface area contributed by atoms with Crippen molar-refractivity contribution in [3.63, 3.8) is 0 Å². The molecule has 18 heavy (non-hydrogen) atoms. The number of benzene rings is 1. The van der Waals surface area contributed by atoms with E-state index < -0.39 is 0 Å². The Labute approximate surface area is 108 Å². The van der Waals surface area contributed by atoms with E-state index in [0.29, 0.717) is 6.61 Å². The lowest BCUT2D eigenvalue weighted by Crippen LogP contribution is -2.16. The quantitative estimate of drug-likeness (QED) is 0.726. The molecule has 0 saturated carbocycles. The number of ether oxygens (including phenoxy) is 1. The van der Waals surface area contributed by atoms with Gasteiger partial charge in [0.2, 0.25) is 0 Å². The third-order valence-corrected chi connectivity index (χ3v) is 2.66. The number of hydrogen-bond acceptors (Lipinski definition) is 3. The molecule has 0 aliphatic carbocycles. The van der Waals surface area contributed by atoms with Gasteiger partial charge in [0.1, 0.15) is 0 Å². The summed E-state index contributed by atoms with van der Waals surface area (Å²) in [6.07, 6.45) is 4.40. The highest BCUT2D eigenvalue weighted by Crippen LogP contribution is 2.02. The van der Waals surface area contributed by atoms with E-state index in [0.717, 1.165) is 31.7 Å². The minimum absolute atomic E-state index is 0.634. The van der Waals surface area contributed by atoms with Crippen LogP contribution in [0, 0.1) is 0 Å². The lowest BCUT2D eigenvalue weighted by molar-refractivity contribution is 0.118. The van der Waals surface area contributed by atoms with Crippen LogP contribution in [0.1, 0.15) is 17.5 Å². The molecule has 3 heteroatoms. The third kappa shape index (κ3) is 4.73. The molecule has 1 N–H and O–H groups in total. The highest BCUT2D eigenvalue weighted by Gasteiger charge is 1.95. The standard InChI is InChI=1S/C15H19NO2/c1-2-5-14(6-3-1)11-16-8-4-9-17-12-15-7-10-18-13-15/h1-3,5-7,10,13,16H,4,8-9,11-12H2. The van der Waals surface area contributed by atoms with Crippen LogP contribution in [0.4, 0.5) is 0 Å². The summed E-state index contributed by atoms with van der Waals surface area (Å²) in [5.41, 5.74) is 2.41. The van der Waals surface area contributed by atoms with Crippen LogP contribution in [0.3, 0.4) is 0 Å². The summed E-state index contributed by atoms with van der Waals surface area (Å²) in [5, 5.41) is 3.40. The minimum atomic E-state index is 0.634. The molecule has 0 unspecified atom stereocenters. The monoisotopic (exact) mass is 245 g/mol. The Hall–Kier alpha value is -1.58. The summed E-state index contributed by atoms with van der Waals surface area (Å²) in [5.74, 6) is 0. The average molecular weight is 245 g/mol. The molecule has 0 aliphatic rings. The largest absolute Gasteiger partial charge is 0.472 e. The van der Waals surface area contributed by atoms with E-state index in [1.165, 1.54) is 5.56 Å². The van der Waals surface area contributed by atoms with Crippen molar-refractivity contribution in [3.05, 3.63) is 60.1 Å². The van der Waals surface area contributed by atoms with Gasteiger partial charge in [-0.05, 0) is 24.6 Å². The normalized spacial score (nSPS) is 10.7. The summed E-state index contributed by atoms with van der Waals surface area (Å²) >= 11 is 0. The van der Waals surface area contributed by atoms with Gasteiger partial charge in [0.25, 0.3) is 0 Å². The fourth-order valence-corrected chi connectivity index (χ4v) is 1.69. The summed E-state index contributed by atoms with van der Waals surface area (Å²) in [6.45, 7) is 3.30. The van der Waals surface area contributed by atoms with E-state index in [-0.39, 0.29) is 0 Å². The number of furan rings is 1. The van der Waals surface area contributed by atoms with Gasteiger partial charge in [0.05, 0.1) is 19.1 Å². The van der Waals surface area contributed by atoms with Crippen LogP contribution in [0.5, 0.6) is 0 Å². The third-order valence-electron chi connectivity index (χ3n) is 2.66. The average Bonchev–Trinajstić information content (AvgIpc) is 2.92. The van der Waals surface area contributed by atoms with Crippen molar-refractivity contribution in [3.8, 4) is 0 Å². The first-order chi connectivity index (χ1) is 8.95. The Kier molecular flexibility index (Phi) is 5.50. The van der Waals surface area contributed by atoms with Crippen LogP contribution in [0.25, 0.3) is 0 Å². The molecule has 1 heterocycles. The molecule has 0 saturated heterocycles. The molecule has 0 radical (unpaired) electrons. The molecule has 0 bridgehead atoms. The number of nitrogens with one attached hydrogen (secondary N) is 1. The zero-order chi connectivity index (χ0) is 12.5. The fourth-order valence-electron chi connectivity index (χ4n) is 1.69. The molecule has 2 aromatic rings. The predicted octanol–water partition coefficient (Wildman–Crippen LogP) is 2.98. The van der Waals surface area contributed by atoms with Gasteiger partial charge in [0, 0.05) is 18.7 Å². The van der Waals surface area contributed by atoms with Gasteiger partial charge in [-0.2, -0.15) is 0 Å². The first-order valence-electron chi connectivity index (χ1n) is 6.28. The summed E-state index contributed by atoms with van der Waals surface area (Å²) < 4.78 is 10.5. The summed E-state index contributed by atoms with van der Waals surface area (Å²) in [7, 11) is 0. The number of hydrogen-bond donors (Lipinski definition) is 1. The molecule has 0 spiro atoms. The van der Waals surface area contributed by atoms with E-state index >= 15 is 0 Å². The SMILES string of the molecule is c1ccc(CNCCCOCc2ccoc2)cc1. The molecule has 0 aliphatic heterocycles. The Bertz CT molecular complexity index is 411. The topological polar surface area (TPSA) is 34.4 Å². The highest BCUT2D eigenvalue weighted by molar-refractivity contribution is 5.14. The van der Waals surface area contributed by atoms with Crippen molar-refractivity contribution < 1.29 is 9.15 Å². The Balaban J connectivity index is 1.47. The second kappa shape index (κ2) is 7.69. The lowest BCUT2D eigenvalue weighted by Gasteiger charge is -2.05. The Morgan fingerprint density at radius 1 is 1.06 bits per heavy atom. The van der Waals surface area contributed by atoms with Gasteiger partial charge in [-0.15, -0.1) is 0 Å². The second-order valence-electron chi connectivity index (χ2n) is 4.20. The molecule has 0 fully saturated rings. The maximum Gasteiger partial charge on any atom is 0.0957 e. The van der Waals surface area contributed by atoms with Gasteiger partial charge >= 0.3 is 0 Å². The molecule has 96 valence electrons. The zero-order valence-corrected chi connectivity index (χ0v) is 10.5. The maximum absolute atomic E-state index is 5.53. The number of rotatable bonds is 8. The van der Waals surface area contributed by atoms with Crippen molar-refractivity contribution in [1.82, 2.24) is 5.32 Å². The summed E-state index contributed by atoms with van der Waals surface area (Å²) in [6, 6.07) is 12.3. The van der Waals surface area contributed by atoms with E-state index in [4.69, 9.17) is 9.15 Å². The highest BCUT2D eigenvalue weighted by atomic mass is 16.5. The van der Waals surface area contributed by atoms with Crippen molar-refractivity contribution in [2.24, 2.45) is 0 Å². The van der Waals surface area contributed by atoms with Crippen molar-refractivity contribution in [1.29, 1.82) is 0 Å². The lowest BCUT2D eigenvalue weighted by atomic mass is 10.2. The van der Waals surface area contributed by atoms with Crippen LogP contribution in [-0.4, -0.2) is 13.2 Å². The van der Waals surface area contributed by atoms with Gasteiger partial charge < -0.3 is 14.5 Å². The van der Waals surface area contributed by atoms with E-state index in [1.54, 1.807) is 12.5 Å². The molecular formula is C15H19NO2. The van der Waals surface area contributed by atoms with Crippen LogP contribution in [0.2, 0.25) is 0 Å². The van der Waals surface area contributed by atoms with Crippen LogP contribution >= 0.6 is 0 Å². The molecular weight excluding hydrogens is 226 g/mol. The Morgan fingerprint density at radius 2 is 1.94 bits per heavy atom. The first kappa shape index (κ1) is 12.9. The second-order valence-corrected chi connectivity index (χ2v) is 4.20. The van der Waals surface area contributed by atoms with Crippen LogP contribution < -0.4 is 5.32 Å². The maximum atomic E-state index is 5.53. The molecule has 3 nitrogen and oxygen atoms in total. The molecule has 1 aromatic heterocycles. The predicted molar refractivity (Wildman–Crippen MR) is 71.1 cm³/mol. The molecule has 2 rings (SSSR count). The smallest absolute Gasteiger partial charge is 0.0957 e. The van der Waals surface area contributed by atoms with Crippen LogP contribution in [-0.2, 0) is 17.9 Å². The zero-order valence-electron chi connectivity index (χ0n) is 10.5. The van der Waals surface area contributed by atoms with Gasteiger partial charge in [-0.25, -0.2) is 0 Å². The van der Waals surface area contributed by atoms with Crippen LogP contribution in [0.15, 0.2) is 53.3 Å². The molecule has 0 amide bonds. The van der Waals surface area contributed by atoms with Crippen molar-refractivity contribution >= 4 is 0 Å². The van der Waals surface area contributed by atoms with Gasteiger partial charge in [-0.1, -0.05) is 30.3 Å². The van der Waals surface area contributed by atoms with E-state index in [1.807, 2.05) is 12.1 Å². The van der Waals surface area contributed by atoms with Gasteiger partial charge in [0.15, 0.2) is 0 Å². The molecule has 1 aromatic carbocycles. The fraction of sp³-hybridized carbons (Fsp3) is 0.333.